The van der Waals surface area contributed by atoms with Crippen LogP contribution in [0.4, 0.5) is 11.5 Å². The van der Waals surface area contributed by atoms with E-state index in [9.17, 15) is 4.79 Å². The van der Waals surface area contributed by atoms with Crippen LogP contribution in [0.3, 0.4) is 0 Å². The minimum absolute atomic E-state index is 0.247. The Hall–Kier alpha value is -3.71. The molecule has 6 nitrogen and oxygen atoms in total. The topological polar surface area (TPSA) is 84.3 Å². The molecule has 2 heterocycles. The molecule has 2 N–H and O–H groups in total. The number of aromatic carboxylic acids is 1. The van der Waals surface area contributed by atoms with Crippen molar-refractivity contribution in [2.45, 2.75) is 27.2 Å². The molecule has 0 aliphatic heterocycles. The van der Waals surface area contributed by atoms with Gasteiger partial charge < -0.3 is 15.2 Å². The lowest BCUT2D eigenvalue weighted by Crippen LogP contribution is -2.05. The second-order valence-corrected chi connectivity index (χ2v) is 8.53. The largest absolute Gasteiger partial charge is 0.494 e. The molecule has 0 aliphatic carbocycles. The van der Waals surface area contributed by atoms with Crippen molar-refractivity contribution in [1.82, 2.24) is 9.97 Å². The summed E-state index contributed by atoms with van der Waals surface area (Å²) in [5.41, 5.74) is 4.09. The number of benzene rings is 2. The van der Waals surface area contributed by atoms with E-state index in [1.54, 1.807) is 35.6 Å². The van der Waals surface area contributed by atoms with Crippen LogP contribution >= 0.6 is 11.3 Å². The van der Waals surface area contributed by atoms with Crippen LogP contribution in [0.15, 0.2) is 60.7 Å². The van der Waals surface area contributed by atoms with Gasteiger partial charge in [0.1, 0.15) is 11.6 Å². The third-order valence-electron chi connectivity index (χ3n) is 5.24. The van der Waals surface area contributed by atoms with Gasteiger partial charge in [-0.1, -0.05) is 6.92 Å². The molecule has 0 spiro atoms. The molecule has 2 aromatic heterocycles. The number of anilines is 2. The molecule has 33 heavy (non-hydrogen) atoms. The molecule has 0 atom stereocenters. The SMILES string of the molecule is CCOc1ccc(-c2ccc(-c3nc(C)c(CC)c(Nc4ccc(C(=O)O)cc4)n3)s2)cc1. The van der Waals surface area contributed by atoms with Crippen LogP contribution in [0.1, 0.15) is 35.5 Å². The number of aromatic nitrogens is 2. The fourth-order valence-corrected chi connectivity index (χ4v) is 4.51. The van der Waals surface area contributed by atoms with E-state index in [0.717, 1.165) is 50.3 Å². The first-order chi connectivity index (χ1) is 16.0. The summed E-state index contributed by atoms with van der Waals surface area (Å²) in [5, 5.41) is 12.5. The fraction of sp³-hybridized carbons (Fsp3) is 0.192. The van der Waals surface area contributed by atoms with Gasteiger partial charge in [0, 0.05) is 21.8 Å². The van der Waals surface area contributed by atoms with Gasteiger partial charge in [0.05, 0.1) is 17.0 Å². The Morgan fingerprint density at radius 2 is 1.67 bits per heavy atom. The van der Waals surface area contributed by atoms with Crippen LogP contribution < -0.4 is 10.1 Å². The quantitative estimate of drug-likeness (QED) is 0.309. The van der Waals surface area contributed by atoms with Crippen LogP contribution in [0.2, 0.25) is 0 Å². The second kappa shape index (κ2) is 9.83. The lowest BCUT2D eigenvalue weighted by atomic mass is 10.1. The van der Waals surface area contributed by atoms with Crippen LogP contribution in [0, 0.1) is 6.92 Å². The zero-order chi connectivity index (χ0) is 23.4. The van der Waals surface area contributed by atoms with Crippen molar-refractivity contribution in [3.8, 4) is 26.9 Å². The smallest absolute Gasteiger partial charge is 0.335 e. The van der Waals surface area contributed by atoms with Crippen LogP contribution in [0.25, 0.3) is 21.1 Å². The first-order valence-corrected chi connectivity index (χ1v) is 11.6. The number of thiophene rings is 1. The molecule has 0 amide bonds. The van der Waals surface area contributed by atoms with Gasteiger partial charge >= 0.3 is 5.97 Å². The molecular weight excluding hydrogens is 434 g/mol. The minimum Gasteiger partial charge on any atom is -0.494 e. The van der Waals surface area contributed by atoms with Crippen LogP contribution in [0.5, 0.6) is 5.75 Å². The summed E-state index contributed by atoms with van der Waals surface area (Å²) in [7, 11) is 0. The van der Waals surface area contributed by atoms with Crippen molar-refractivity contribution in [3.63, 3.8) is 0 Å². The number of ether oxygens (including phenoxy) is 1. The molecule has 7 heteroatoms. The first kappa shape index (κ1) is 22.5. The number of aryl methyl sites for hydroxylation is 1. The minimum atomic E-state index is -0.947. The van der Waals surface area contributed by atoms with Crippen molar-refractivity contribution in [2.24, 2.45) is 0 Å². The van der Waals surface area contributed by atoms with E-state index in [1.807, 2.05) is 32.0 Å². The summed E-state index contributed by atoms with van der Waals surface area (Å²) in [4.78, 5) is 22.8. The number of carboxylic acids is 1. The number of nitrogens with zero attached hydrogens (tertiary/aromatic N) is 2. The zero-order valence-electron chi connectivity index (χ0n) is 18.8. The van der Waals surface area contributed by atoms with Gasteiger partial charge in [-0.15, -0.1) is 11.3 Å². The maximum Gasteiger partial charge on any atom is 0.335 e. The number of nitrogens with one attached hydrogen (secondary N) is 1. The number of carboxylic acid groups (broad SMARTS) is 1. The van der Waals surface area contributed by atoms with Crippen LogP contribution in [-0.4, -0.2) is 27.7 Å². The highest BCUT2D eigenvalue weighted by Gasteiger charge is 2.14. The highest BCUT2D eigenvalue weighted by atomic mass is 32.1. The summed E-state index contributed by atoms with van der Waals surface area (Å²) >= 11 is 1.64. The van der Waals surface area contributed by atoms with E-state index < -0.39 is 5.97 Å². The predicted octanol–water partition coefficient (Wildman–Crippen LogP) is 6.58. The van der Waals surface area contributed by atoms with Crippen molar-refractivity contribution in [3.05, 3.63) is 77.5 Å². The summed E-state index contributed by atoms with van der Waals surface area (Å²) in [6.07, 6.45) is 0.781. The van der Waals surface area contributed by atoms with E-state index in [4.69, 9.17) is 19.8 Å². The van der Waals surface area contributed by atoms with Gasteiger partial charge in [0.15, 0.2) is 5.82 Å². The Morgan fingerprint density at radius 3 is 2.30 bits per heavy atom. The number of rotatable bonds is 8. The van der Waals surface area contributed by atoms with Crippen molar-refractivity contribution in [2.75, 3.05) is 11.9 Å². The van der Waals surface area contributed by atoms with Gasteiger partial charge in [-0.2, -0.15) is 0 Å². The van der Waals surface area contributed by atoms with E-state index in [0.29, 0.717) is 12.4 Å². The second-order valence-electron chi connectivity index (χ2n) is 7.44. The molecule has 0 radical (unpaired) electrons. The van der Waals surface area contributed by atoms with Crippen LogP contribution in [-0.2, 0) is 6.42 Å². The molecule has 0 bridgehead atoms. The predicted molar refractivity (Wildman–Crippen MR) is 133 cm³/mol. The molecule has 4 aromatic rings. The Morgan fingerprint density at radius 1 is 0.970 bits per heavy atom. The summed E-state index contributed by atoms with van der Waals surface area (Å²) in [6.45, 7) is 6.68. The molecule has 168 valence electrons. The molecule has 2 aromatic carbocycles. The van der Waals surface area contributed by atoms with E-state index in [-0.39, 0.29) is 5.56 Å². The van der Waals surface area contributed by atoms with Gasteiger partial charge in [-0.25, -0.2) is 14.8 Å². The highest BCUT2D eigenvalue weighted by Crippen LogP contribution is 2.35. The molecule has 0 aliphatic rings. The summed E-state index contributed by atoms with van der Waals surface area (Å²) < 4.78 is 5.53. The fourth-order valence-electron chi connectivity index (χ4n) is 3.56. The number of hydrogen-bond acceptors (Lipinski definition) is 6. The van der Waals surface area contributed by atoms with E-state index in [2.05, 4.69) is 30.4 Å². The summed E-state index contributed by atoms with van der Waals surface area (Å²) in [5.74, 6) is 1.31. The first-order valence-electron chi connectivity index (χ1n) is 10.8. The van der Waals surface area contributed by atoms with Crippen molar-refractivity contribution < 1.29 is 14.6 Å². The van der Waals surface area contributed by atoms with Gasteiger partial charge in [0.2, 0.25) is 0 Å². The Kier molecular flexibility index (Phi) is 6.70. The molecule has 0 saturated carbocycles. The number of hydrogen-bond donors (Lipinski definition) is 2. The molecular formula is C26H25N3O3S. The highest BCUT2D eigenvalue weighted by molar-refractivity contribution is 7.18. The molecule has 0 saturated heterocycles. The Labute approximate surface area is 196 Å². The number of carbonyl (C=O) groups is 1. The van der Waals surface area contributed by atoms with E-state index in [1.165, 1.54) is 0 Å². The third kappa shape index (κ3) is 5.04. The average Bonchev–Trinajstić information content (AvgIpc) is 3.30. The average molecular weight is 460 g/mol. The van der Waals surface area contributed by atoms with Crippen molar-refractivity contribution >= 4 is 28.8 Å². The van der Waals surface area contributed by atoms with Crippen molar-refractivity contribution in [1.29, 1.82) is 0 Å². The maximum atomic E-state index is 11.1. The molecule has 0 unspecified atom stereocenters. The zero-order valence-corrected chi connectivity index (χ0v) is 19.6. The standard InChI is InChI=1S/C26H25N3O3S/c1-4-21-16(3)27-25(29-24(21)28-19-10-6-18(7-11-19)26(30)31)23-15-14-22(33-23)17-8-12-20(13-9-17)32-5-2/h6-15H,4-5H2,1-3H3,(H,30,31)(H,27,28,29). The van der Waals surface area contributed by atoms with Gasteiger partial charge in [-0.3, -0.25) is 0 Å². The van der Waals surface area contributed by atoms with E-state index >= 15 is 0 Å². The third-order valence-corrected chi connectivity index (χ3v) is 6.37. The molecule has 0 fully saturated rings. The maximum absolute atomic E-state index is 11.1. The normalized spacial score (nSPS) is 10.8. The Bertz CT molecular complexity index is 1270. The Balaban J connectivity index is 1.63. The lowest BCUT2D eigenvalue weighted by Gasteiger charge is -2.13. The van der Waals surface area contributed by atoms with Gasteiger partial charge in [0.25, 0.3) is 0 Å². The summed E-state index contributed by atoms with van der Waals surface area (Å²) in [6, 6.07) is 18.8. The monoisotopic (exact) mass is 459 g/mol. The molecule has 4 rings (SSSR count). The lowest BCUT2D eigenvalue weighted by molar-refractivity contribution is 0.0697. The van der Waals surface area contributed by atoms with Gasteiger partial charge in [-0.05, 0) is 86.5 Å².